The van der Waals surface area contributed by atoms with E-state index in [-0.39, 0.29) is 21.6 Å². The van der Waals surface area contributed by atoms with Crippen LogP contribution in [0.3, 0.4) is 0 Å². The van der Waals surface area contributed by atoms with E-state index in [1.165, 1.54) is 6.07 Å². The lowest BCUT2D eigenvalue weighted by molar-refractivity contribution is 0.472. The molecule has 2 aromatic carbocycles. The first kappa shape index (κ1) is 20.4. The molecule has 0 aliphatic carbocycles. The summed E-state index contributed by atoms with van der Waals surface area (Å²) in [4.78, 5) is 3.67. The molecule has 0 unspecified atom stereocenters. The third kappa shape index (κ3) is 5.27. The van der Waals surface area contributed by atoms with Crippen molar-refractivity contribution in [3.8, 4) is 17.7 Å². The largest absolute Gasteiger partial charge is 0.455 e. The summed E-state index contributed by atoms with van der Waals surface area (Å²) in [6.45, 7) is 0. The molecule has 7 nitrogen and oxygen atoms in total. The first-order valence-electron chi connectivity index (χ1n) is 6.77. The van der Waals surface area contributed by atoms with Gasteiger partial charge >= 0.3 is 0 Å². The lowest BCUT2D eigenvalue weighted by atomic mass is 10.3. The first-order valence-corrected chi connectivity index (χ1v) is 10.2. The van der Waals surface area contributed by atoms with Crippen molar-refractivity contribution in [2.75, 3.05) is 6.26 Å². The number of nitrogens with one attached hydrogen (secondary N) is 1. The monoisotopic (exact) mass is 431 g/mol. The number of hydrogen-bond donors (Lipinski definition) is 2. The second-order valence-electron chi connectivity index (χ2n) is 4.64. The van der Waals surface area contributed by atoms with E-state index in [4.69, 9.17) is 33.2 Å². The number of nitrogens with zero attached hydrogens (tertiary/aromatic N) is 2. The standard InChI is InChI=1S/C15H11Cl2N3O4S2/c1-25-15(19-8-18)20-12-6-11(17)14(26(21,22)23)7-13(12)24-10-4-2-9(16)3-5-10/h2-7H,1H3,(H,19,20)(H,21,22,23). The molecule has 0 bridgehead atoms. The van der Waals surface area contributed by atoms with Gasteiger partial charge in [0.05, 0.1) is 5.02 Å². The molecular formula is C15H11Cl2N3O4S2. The van der Waals surface area contributed by atoms with Crippen molar-refractivity contribution in [2.24, 2.45) is 4.99 Å². The fourth-order valence-corrected chi connectivity index (χ4v) is 3.28. The van der Waals surface area contributed by atoms with Crippen molar-refractivity contribution in [1.29, 1.82) is 5.26 Å². The van der Waals surface area contributed by atoms with Crippen molar-refractivity contribution in [3.05, 3.63) is 46.4 Å². The van der Waals surface area contributed by atoms with Crippen LogP contribution in [0.25, 0.3) is 0 Å². The molecule has 0 aromatic heterocycles. The Morgan fingerprint density at radius 3 is 2.50 bits per heavy atom. The van der Waals surface area contributed by atoms with E-state index in [2.05, 4.69) is 10.3 Å². The molecule has 136 valence electrons. The summed E-state index contributed by atoms with van der Waals surface area (Å²) in [6, 6.07) is 8.58. The highest BCUT2D eigenvalue weighted by Gasteiger charge is 2.20. The molecule has 0 spiro atoms. The van der Waals surface area contributed by atoms with E-state index < -0.39 is 15.0 Å². The van der Waals surface area contributed by atoms with Crippen molar-refractivity contribution >= 4 is 55.9 Å². The van der Waals surface area contributed by atoms with Crippen LogP contribution in [-0.4, -0.2) is 24.4 Å². The molecule has 0 atom stereocenters. The zero-order valence-electron chi connectivity index (χ0n) is 13.1. The van der Waals surface area contributed by atoms with Crippen LogP contribution in [0.15, 0.2) is 46.3 Å². The van der Waals surface area contributed by atoms with Crippen LogP contribution in [0.1, 0.15) is 0 Å². The molecule has 2 aromatic rings. The molecule has 0 saturated heterocycles. The molecule has 2 N–H and O–H groups in total. The predicted octanol–water partition coefficient (Wildman–Crippen LogP) is 4.45. The quantitative estimate of drug-likeness (QED) is 0.241. The highest BCUT2D eigenvalue weighted by molar-refractivity contribution is 8.13. The first-order chi connectivity index (χ1) is 12.2. The van der Waals surface area contributed by atoms with Gasteiger partial charge in [0.2, 0.25) is 0 Å². The summed E-state index contributed by atoms with van der Waals surface area (Å²) in [7, 11) is -4.57. The molecule has 11 heteroatoms. The molecular weight excluding hydrogens is 421 g/mol. The van der Waals surface area contributed by atoms with Crippen LogP contribution in [0.4, 0.5) is 5.69 Å². The third-order valence-electron chi connectivity index (χ3n) is 2.91. The Hall–Kier alpha value is -1.96. The lowest BCUT2D eigenvalue weighted by Gasteiger charge is -2.12. The number of halogens is 2. The third-order valence-corrected chi connectivity index (χ3v) is 5.06. The highest BCUT2D eigenvalue weighted by atomic mass is 35.5. The van der Waals surface area contributed by atoms with E-state index in [1.807, 2.05) is 0 Å². The minimum atomic E-state index is -4.57. The fourth-order valence-electron chi connectivity index (χ4n) is 1.80. The van der Waals surface area contributed by atoms with E-state index in [9.17, 15) is 13.0 Å². The molecule has 26 heavy (non-hydrogen) atoms. The van der Waals surface area contributed by atoms with Crippen LogP contribution in [0.2, 0.25) is 10.0 Å². The summed E-state index contributed by atoms with van der Waals surface area (Å²) in [5, 5.41) is 11.6. The smallest absolute Gasteiger partial charge is 0.296 e. The number of ether oxygens (including phenoxy) is 1. The maximum atomic E-state index is 11.5. The number of hydrogen-bond acceptors (Lipinski definition) is 6. The van der Waals surface area contributed by atoms with Crippen molar-refractivity contribution in [3.63, 3.8) is 0 Å². The van der Waals surface area contributed by atoms with Crippen molar-refractivity contribution in [2.45, 2.75) is 4.90 Å². The van der Waals surface area contributed by atoms with Crippen molar-refractivity contribution in [1.82, 2.24) is 5.32 Å². The highest BCUT2D eigenvalue weighted by Crippen LogP contribution is 2.38. The Balaban J connectivity index is 2.60. The van der Waals surface area contributed by atoms with E-state index in [1.54, 1.807) is 36.7 Å². The fraction of sp³-hybridized carbons (Fsp3) is 0.0667. The predicted molar refractivity (Wildman–Crippen MR) is 102 cm³/mol. The number of rotatable bonds is 4. The average Bonchev–Trinajstić information content (AvgIpc) is 2.57. The van der Waals surface area contributed by atoms with Crippen LogP contribution in [0.5, 0.6) is 11.5 Å². The summed E-state index contributed by atoms with van der Waals surface area (Å²) < 4.78 is 38.0. The zero-order valence-corrected chi connectivity index (χ0v) is 16.2. The number of amidine groups is 1. The second-order valence-corrected chi connectivity index (χ2v) is 7.67. The van der Waals surface area contributed by atoms with Gasteiger partial charge in [-0.3, -0.25) is 9.87 Å². The van der Waals surface area contributed by atoms with Gasteiger partial charge < -0.3 is 4.74 Å². The number of aliphatic imine (C=N–C) groups is 1. The van der Waals surface area contributed by atoms with Crippen LogP contribution in [0, 0.1) is 11.5 Å². The Morgan fingerprint density at radius 1 is 1.31 bits per heavy atom. The molecule has 0 aliphatic rings. The Labute approximate surface area is 164 Å². The lowest BCUT2D eigenvalue weighted by Crippen LogP contribution is -2.12. The molecule has 0 aliphatic heterocycles. The van der Waals surface area contributed by atoms with Gasteiger partial charge in [0, 0.05) is 11.1 Å². The van der Waals surface area contributed by atoms with Gasteiger partial charge in [0.25, 0.3) is 10.1 Å². The molecule has 0 saturated carbocycles. The van der Waals surface area contributed by atoms with Crippen LogP contribution >= 0.6 is 35.0 Å². The van der Waals surface area contributed by atoms with E-state index in [0.29, 0.717) is 10.8 Å². The van der Waals surface area contributed by atoms with Gasteiger partial charge in [0.15, 0.2) is 17.1 Å². The Bertz CT molecular complexity index is 987. The van der Waals surface area contributed by atoms with E-state index >= 15 is 0 Å². The summed E-state index contributed by atoms with van der Waals surface area (Å²) in [5.74, 6) is 0.365. The van der Waals surface area contributed by atoms with Crippen LogP contribution in [-0.2, 0) is 10.1 Å². The second kappa shape index (κ2) is 8.62. The van der Waals surface area contributed by atoms with Gasteiger partial charge in [-0.25, -0.2) is 4.99 Å². The minimum Gasteiger partial charge on any atom is -0.455 e. The number of benzene rings is 2. The summed E-state index contributed by atoms with van der Waals surface area (Å²) in [6.07, 6.45) is 3.43. The van der Waals surface area contributed by atoms with Crippen LogP contribution < -0.4 is 10.1 Å². The summed E-state index contributed by atoms with van der Waals surface area (Å²) in [5.41, 5.74) is 0.157. The number of thioether (sulfide) groups is 1. The van der Waals surface area contributed by atoms with E-state index in [0.717, 1.165) is 17.8 Å². The molecule has 0 amide bonds. The van der Waals surface area contributed by atoms with Crippen molar-refractivity contribution < 1.29 is 17.7 Å². The SMILES string of the molecule is CSC(=Nc1cc(Cl)c(S(=O)(=O)O)cc1Oc1ccc(Cl)cc1)NC#N. The maximum Gasteiger partial charge on any atom is 0.296 e. The van der Waals surface area contributed by atoms with Gasteiger partial charge in [-0.05, 0) is 36.6 Å². The summed E-state index contributed by atoms with van der Waals surface area (Å²) >= 11 is 12.9. The maximum absolute atomic E-state index is 11.5. The van der Waals surface area contributed by atoms with Gasteiger partial charge in [-0.2, -0.15) is 13.7 Å². The molecule has 2 rings (SSSR count). The zero-order chi connectivity index (χ0) is 19.3. The average molecular weight is 432 g/mol. The molecule has 0 fully saturated rings. The minimum absolute atomic E-state index is 0.00985. The topological polar surface area (TPSA) is 112 Å². The molecule has 0 radical (unpaired) electrons. The number of nitriles is 1. The van der Waals surface area contributed by atoms with Gasteiger partial charge in [-0.1, -0.05) is 35.0 Å². The normalized spacial score (nSPS) is 11.7. The molecule has 0 heterocycles. The Morgan fingerprint density at radius 2 is 1.96 bits per heavy atom. The van der Waals surface area contributed by atoms with Gasteiger partial charge in [0.1, 0.15) is 16.3 Å². The van der Waals surface area contributed by atoms with Gasteiger partial charge in [-0.15, -0.1) is 0 Å². The Kier molecular flexibility index (Phi) is 6.75.